The lowest BCUT2D eigenvalue weighted by Gasteiger charge is -2.24. The maximum Gasteiger partial charge on any atom is 0.173 e. The highest BCUT2D eigenvalue weighted by atomic mass is 28.3. The molecule has 0 aromatic heterocycles. The Kier molecular flexibility index (Phi) is 1.91. The van der Waals surface area contributed by atoms with Gasteiger partial charge in [-0.05, 0) is 6.92 Å². The van der Waals surface area contributed by atoms with E-state index in [4.69, 9.17) is 9.47 Å². The van der Waals surface area contributed by atoms with Gasteiger partial charge in [-0.25, -0.2) is 0 Å². The second-order valence-electron chi connectivity index (χ2n) is 3.72. The highest BCUT2D eigenvalue weighted by molar-refractivity contribution is 6.79. The van der Waals surface area contributed by atoms with Gasteiger partial charge >= 0.3 is 0 Å². The van der Waals surface area contributed by atoms with Gasteiger partial charge in [0.25, 0.3) is 0 Å². The molecule has 1 unspecified atom stereocenters. The van der Waals surface area contributed by atoms with Gasteiger partial charge in [0.05, 0.1) is 6.61 Å². The van der Waals surface area contributed by atoms with Crippen molar-refractivity contribution in [2.24, 2.45) is 0 Å². The number of ether oxygens (including phenoxy) is 2. The van der Waals surface area contributed by atoms with Crippen LogP contribution in [0.3, 0.4) is 0 Å². The third-order valence-electron chi connectivity index (χ3n) is 1.93. The largest absolute Gasteiger partial charge is 0.352 e. The highest BCUT2D eigenvalue weighted by Crippen LogP contribution is 2.37. The van der Waals surface area contributed by atoms with Crippen molar-refractivity contribution < 1.29 is 9.47 Å². The first-order valence-corrected chi connectivity index (χ1v) is 7.30. The quantitative estimate of drug-likeness (QED) is 0.462. The van der Waals surface area contributed by atoms with Gasteiger partial charge in [0.2, 0.25) is 0 Å². The molecular formula is C7H16O2Si. The fraction of sp³-hybridized carbons (Fsp3) is 1.00. The van der Waals surface area contributed by atoms with Gasteiger partial charge in [0.1, 0.15) is 8.07 Å². The Bertz CT molecular complexity index is 124. The Labute approximate surface area is 63.5 Å². The molecule has 0 spiro atoms. The fourth-order valence-corrected chi connectivity index (χ4v) is 2.55. The first-order chi connectivity index (χ1) is 4.52. The van der Waals surface area contributed by atoms with Crippen molar-refractivity contribution in [1.29, 1.82) is 0 Å². The van der Waals surface area contributed by atoms with Crippen LogP contribution in [0.4, 0.5) is 0 Å². The van der Waals surface area contributed by atoms with Crippen molar-refractivity contribution in [2.45, 2.75) is 32.0 Å². The lowest BCUT2D eigenvalue weighted by Crippen LogP contribution is -2.44. The third-order valence-corrected chi connectivity index (χ3v) is 4.65. The average molecular weight is 160 g/mol. The molecule has 1 atom stereocenters. The summed E-state index contributed by atoms with van der Waals surface area (Å²) in [5.74, 6) is 0. The molecule has 0 aliphatic carbocycles. The van der Waals surface area contributed by atoms with E-state index in [2.05, 4.69) is 19.6 Å². The SMILES string of the molecule is CCOC1([Si](C)(C)C)CO1. The number of hydrogen-bond donors (Lipinski definition) is 0. The second-order valence-corrected chi connectivity index (χ2v) is 8.99. The predicted octanol–water partition coefficient (Wildman–Crippen LogP) is 1.63. The van der Waals surface area contributed by atoms with E-state index >= 15 is 0 Å². The topological polar surface area (TPSA) is 21.8 Å². The molecule has 2 nitrogen and oxygen atoms in total. The Morgan fingerprint density at radius 3 is 2.10 bits per heavy atom. The van der Waals surface area contributed by atoms with E-state index in [-0.39, 0.29) is 5.41 Å². The van der Waals surface area contributed by atoms with Gasteiger partial charge in [-0.1, -0.05) is 19.6 Å². The van der Waals surface area contributed by atoms with Crippen molar-refractivity contribution in [3.05, 3.63) is 0 Å². The Hall–Kier alpha value is 0.137. The molecule has 1 saturated heterocycles. The van der Waals surface area contributed by atoms with E-state index in [1.165, 1.54) is 0 Å². The van der Waals surface area contributed by atoms with E-state index < -0.39 is 8.07 Å². The maximum atomic E-state index is 5.54. The molecular weight excluding hydrogens is 144 g/mol. The molecule has 1 fully saturated rings. The monoisotopic (exact) mass is 160 g/mol. The molecule has 3 heteroatoms. The number of hydrogen-bond acceptors (Lipinski definition) is 2. The average Bonchev–Trinajstić information content (AvgIpc) is 2.45. The summed E-state index contributed by atoms with van der Waals surface area (Å²) in [4.78, 5) is 0. The molecule has 10 heavy (non-hydrogen) atoms. The minimum absolute atomic E-state index is 0.123. The lowest BCUT2D eigenvalue weighted by atomic mass is 10.8. The lowest BCUT2D eigenvalue weighted by molar-refractivity contribution is 0.0169. The molecule has 0 bridgehead atoms. The summed E-state index contributed by atoms with van der Waals surface area (Å²) in [5.41, 5.74) is -0.123. The van der Waals surface area contributed by atoms with Crippen LogP contribution in [0.15, 0.2) is 0 Å². The summed E-state index contributed by atoms with van der Waals surface area (Å²) in [6, 6.07) is 0. The molecule has 1 heterocycles. The first-order valence-electron chi connectivity index (χ1n) is 3.80. The molecule has 1 rings (SSSR count). The second kappa shape index (κ2) is 2.32. The summed E-state index contributed by atoms with van der Waals surface area (Å²) < 4.78 is 10.9. The van der Waals surface area contributed by atoms with Crippen LogP contribution in [-0.4, -0.2) is 26.7 Å². The summed E-state index contributed by atoms with van der Waals surface area (Å²) in [7, 11) is -1.24. The summed E-state index contributed by atoms with van der Waals surface area (Å²) >= 11 is 0. The van der Waals surface area contributed by atoms with E-state index in [0.717, 1.165) is 13.2 Å². The minimum Gasteiger partial charge on any atom is -0.352 e. The van der Waals surface area contributed by atoms with Gasteiger partial charge in [0, 0.05) is 6.61 Å². The van der Waals surface area contributed by atoms with E-state index in [1.54, 1.807) is 0 Å². The zero-order chi connectivity index (χ0) is 7.83. The smallest absolute Gasteiger partial charge is 0.173 e. The van der Waals surface area contributed by atoms with Crippen molar-refractivity contribution >= 4 is 8.07 Å². The molecule has 0 aromatic rings. The van der Waals surface area contributed by atoms with Crippen LogP contribution in [-0.2, 0) is 9.47 Å². The first kappa shape index (κ1) is 8.24. The maximum absolute atomic E-state index is 5.54. The summed E-state index contributed by atoms with van der Waals surface area (Å²) in [6.07, 6.45) is 0. The van der Waals surface area contributed by atoms with E-state index in [9.17, 15) is 0 Å². The van der Waals surface area contributed by atoms with E-state index in [1.807, 2.05) is 6.92 Å². The summed E-state index contributed by atoms with van der Waals surface area (Å²) in [6.45, 7) is 10.4. The molecule has 60 valence electrons. The molecule has 0 aromatic carbocycles. The molecule has 0 radical (unpaired) electrons. The van der Waals surface area contributed by atoms with Crippen LogP contribution in [0.5, 0.6) is 0 Å². The minimum atomic E-state index is -1.24. The Morgan fingerprint density at radius 1 is 1.50 bits per heavy atom. The van der Waals surface area contributed by atoms with Gasteiger partial charge in [-0.15, -0.1) is 0 Å². The van der Waals surface area contributed by atoms with Crippen molar-refractivity contribution in [1.82, 2.24) is 0 Å². The molecule has 0 N–H and O–H groups in total. The van der Waals surface area contributed by atoms with Crippen LogP contribution in [0.1, 0.15) is 6.92 Å². The van der Waals surface area contributed by atoms with Crippen LogP contribution in [0.2, 0.25) is 19.6 Å². The van der Waals surface area contributed by atoms with Crippen molar-refractivity contribution in [3.63, 3.8) is 0 Å². The van der Waals surface area contributed by atoms with Crippen molar-refractivity contribution in [2.75, 3.05) is 13.2 Å². The molecule has 1 aliphatic heterocycles. The zero-order valence-electron chi connectivity index (χ0n) is 7.23. The number of rotatable bonds is 3. The molecule has 0 saturated carbocycles. The van der Waals surface area contributed by atoms with Crippen LogP contribution in [0, 0.1) is 0 Å². The van der Waals surface area contributed by atoms with Crippen LogP contribution >= 0.6 is 0 Å². The predicted molar refractivity (Wildman–Crippen MR) is 43.7 cm³/mol. The van der Waals surface area contributed by atoms with Gasteiger partial charge in [0.15, 0.2) is 5.41 Å². The third kappa shape index (κ3) is 1.26. The van der Waals surface area contributed by atoms with Crippen molar-refractivity contribution in [3.8, 4) is 0 Å². The van der Waals surface area contributed by atoms with Gasteiger partial charge < -0.3 is 9.47 Å². The fourth-order valence-electron chi connectivity index (χ4n) is 1.03. The summed E-state index contributed by atoms with van der Waals surface area (Å²) in [5, 5.41) is 0. The Balaban J connectivity index is 2.52. The molecule has 1 aliphatic rings. The van der Waals surface area contributed by atoms with Gasteiger partial charge in [-0.2, -0.15) is 0 Å². The highest BCUT2D eigenvalue weighted by Gasteiger charge is 2.56. The van der Waals surface area contributed by atoms with E-state index in [0.29, 0.717) is 0 Å². The standard InChI is InChI=1S/C7H16O2Si/c1-5-8-7(6-9-7)10(2,3)4/h5-6H2,1-4H3. The zero-order valence-corrected chi connectivity index (χ0v) is 8.23. The Morgan fingerprint density at radius 2 is 2.00 bits per heavy atom. The normalized spacial score (nSPS) is 32.4. The number of epoxide rings is 1. The van der Waals surface area contributed by atoms with Crippen LogP contribution in [0.25, 0.3) is 0 Å². The molecule has 0 amide bonds. The van der Waals surface area contributed by atoms with Gasteiger partial charge in [-0.3, -0.25) is 0 Å². The van der Waals surface area contributed by atoms with Crippen LogP contribution < -0.4 is 0 Å².